The summed E-state index contributed by atoms with van der Waals surface area (Å²) in [5, 5.41) is 0. The number of para-hydroxylation sites is 1. The molecular formula is C18H24N2O3S2. The predicted molar refractivity (Wildman–Crippen MR) is 101 cm³/mol. The smallest absolute Gasteiger partial charge is 0.252 e. The minimum absolute atomic E-state index is 0.445. The van der Waals surface area contributed by atoms with Gasteiger partial charge in [0.2, 0.25) is 0 Å². The van der Waals surface area contributed by atoms with E-state index in [1.54, 1.807) is 10.4 Å². The van der Waals surface area contributed by atoms with E-state index in [0.29, 0.717) is 23.9 Å². The Kier molecular flexibility index (Phi) is 5.78. The third kappa shape index (κ3) is 4.23. The molecule has 0 bridgehead atoms. The maximum atomic E-state index is 12.7. The van der Waals surface area contributed by atoms with Crippen LogP contribution in [0.1, 0.15) is 17.4 Å². The zero-order chi connectivity index (χ0) is 17.9. The fourth-order valence-corrected chi connectivity index (χ4v) is 5.84. The van der Waals surface area contributed by atoms with E-state index in [0.717, 1.165) is 35.8 Å². The summed E-state index contributed by atoms with van der Waals surface area (Å²) in [6.45, 7) is 7.83. The van der Waals surface area contributed by atoms with Crippen LogP contribution in [-0.2, 0) is 16.6 Å². The molecule has 0 N–H and O–H groups in total. The van der Waals surface area contributed by atoms with Crippen molar-refractivity contribution < 1.29 is 13.2 Å². The Morgan fingerprint density at radius 2 is 1.80 bits per heavy atom. The van der Waals surface area contributed by atoms with Gasteiger partial charge in [0.15, 0.2) is 0 Å². The Morgan fingerprint density at radius 1 is 1.08 bits per heavy atom. The Hall–Kier alpha value is -1.41. The highest BCUT2D eigenvalue weighted by atomic mass is 32.2. The summed E-state index contributed by atoms with van der Waals surface area (Å²) in [7, 11) is -3.35. The van der Waals surface area contributed by atoms with E-state index in [1.807, 2.05) is 38.1 Å². The van der Waals surface area contributed by atoms with Crippen molar-refractivity contribution in [3.8, 4) is 5.75 Å². The molecule has 7 heteroatoms. The van der Waals surface area contributed by atoms with Crippen LogP contribution in [0.4, 0.5) is 0 Å². The van der Waals surface area contributed by atoms with Gasteiger partial charge in [-0.15, -0.1) is 11.3 Å². The largest absolute Gasteiger partial charge is 0.494 e. The van der Waals surface area contributed by atoms with Crippen molar-refractivity contribution in [1.82, 2.24) is 9.21 Å². The molecule has 136 valence electrons. The van der Waals surface area contributed by atoms with E-state index >= 15 is 0 Å². The first-order valence-electron chi connectivity index (χ1n) is 8.50. The summed E-state index contributed by atoms with van der Waals surface area (Å²) in [5.41, 5.74) is 1.15. The van der Waals surface area contributed by atoms with Crippen LogP contribution < -0.4 is 4.74 Å². The van der Waals surface area contributed by atoms with Crippen molar-refractivity contribution in [2.75, 3.05) is 32.8 Å². The molecule has 1 saturated heterocycles. The highest BCUT2D eigenvalue weighted by Crippen LogP contribution is 2.26. The molecule has 1 aliphatic heterocycles. The van der Waals surface area contributed by atoms with Crippen LogP contribution in [0.15, 0.2) is 40.6 Å². The number of piperazine rings is 1. The molecule has 0 radical (unpaired) electrons. The van der Waals surface area contributed by atoms with Gasteiger partial charge in [-0.25, -0.2) is 8.42 Å². The van der Waals surface area contributed by atoms with E-state index in [1.165, 1.54) is 11.3 Å². The van der Waals surface area contributed by atoms with Crippen molar-refractivity contribution in [3.63, 3.8) is 0 Å². The lowest BCUT2D eigenvalue weighted by Gasteiger charge is -2.33. The maximum absolute atomic E-state index is 12.7. The second kappa shape index (κ2) is 7.86. The Balaban J connectivity index is 1.63. The number of rotatable bonds is 6. The van der Waals surface area contributed by atoms with Gasteiger partial charge in [-0.1, -0.05) is 18.2 Å². The van der Waals surface area contributed by atoms with Crippen molar-refractivity contribution >= 4 is 21.4 Å². The topological polar surface area (TPSA) is 49.9 Å². The molecule has 2 heterocycles. The Bertz CT molecular complexity index is 809. The second-order valence-corrected chi connectivity index (χ2v) is 9.54. The summed E-state index contributed by atoms with van der Waals surface area (Å²) >= 11 is 1.34. The van der Waals surface area contributed by atoms with Crippen molar-refractivity contribution in [1.29, 1.82) is 0 Å². The average molecular weight is 381 g/mol. The van der Waals surface area contributed by atoms with Gasteiger partial charge in [0, 0.05) is 43.2 Å². The highest BCUT2D eigenvalue weighted by Gasteiger charge is 2.29. The molecule has 25 heavy (non-hydrogen) atoms. The van der Waals surface area contributed by atoms with E-state index in [2.05, 4.69) is 11.0 Å². The molecule has 5 nitrogen and oxygen atoms in total. The zero-order valence-corrected chi connectivity index (χ0v) is 16.3. The van der Waals surface area contributed by atoms with Crippen LogP contribution in [-0.4, -0.2) is 50.4 Å². The summed E-state index contributed by atoms with van der Waals surface area (Å²) in [4.78, 5) is 3.30. The van der Waals surface area contributed by atoms with Gasteiger partial charge in [0.25, 0.3) is 10.0 Å². The summed E-state index contributed by atoms with van der Waals surface area (Å²) in [6.07, 6.45) is 0. The summed E-state index contributed by atoms with van der Waals surface area (Å²) in [5.74, 6) is 0.911. The van der Waals surface area contributed by atoms with Crippen LogP contribution in [0.2, 0.25) is 0 Å². The normalized spacial score (nSPS) is 16.9. The number of nitrogens with zero attached hydrogens (tertiary/aromatic N) is 2. The third-order valence-corrected chi connectivity index (χ3v) is 7.67. The molecule has 0 unspecified atom stereocenters. The minimum Gasteiger partial charge on any atom is -0.494 e. The SMILES string of the molecule is CCOc1ccccc1CN1CCN(S(=O)(=O)c2ccc(C)s2)CC1. The molecule has 1 aromatic heterocycles. The van der Waals surface area contributed by atoms with Gasteiger partial charge in [-0.3, -0.25) is 4.90 Å². The Labute approximate surface area is 153 Å². The predicted octanol–water partition coefficient (Wildman–Crippen LogP) is 2.96. The first-order chi connectivity index (χ1) is 12.0. The number of benzene rings is 1. The molecule has 1 aliphatic rings. The first kappa shape index (κ1) is 18.4. The van der Waals surface area contributed by atoms with Gasteiger partial charge in [-0.05, 0) is 32.0 Å². The van der Waals surface area contributed by atoms with Gasteiger partial charge in [0.1, 0.15) is 9.96 Å². The first-order valence-corrected chi connectivity index (χ1v) is 10.8. The number of hydrogen-bond donors (Lipinski definition) is 0. The standard InChI is InChI=1S/C18H24N2O3S2/c1-3-23-17-7-5-4-6-16(17)14-19-10-12-20(13-11-19)25(21,22)18-9-8-15(2)24-18/h4-9H,3,10-14H2,1-2H3. The molecule has 0 amide bonds. The number of sulfonamides is 1. The number of thiophene rings is 1. The van der Waals surface area contributed by atoms with E-state index in [9.17, 15) is 8.42 Å². The maximum Gasteiger partial charge on any atom is 0.252 e. The van der Waals surface area contributed by atoms with Crippen molar-refractivity contribution in [2.24, 2.45) is 0 Å². The van der Waals surface area contributed by atoms with Crippen LogP contribution >= 0.6 is 11.3 Å². The Morgan fingerprint density at radius 3 is 2.44 bits per heavy atom. The van der Waals surface area contributed by atoms with E-state index in [4.69, 9.17) is 4.74 Å². The lowest BCUT2D eigenvalue weighted by molar-refractivity contribution is 0.179. The molecule has 0 aliphatic carbocycles. The molecular weight excluding hydrogens is 356 g/mol. The zero-order valence-electron chi connectivity index (χ0n) is 14.6. The molecule has 0 atom stereocenters. The fourth-order valence-electron chi connectivity index (χ4n) is 2.98. The molecule has 0 saturated carbocycles. The van der Waals surface area contributed by atoms with Gasteiger partial charge in [-0.2, -0.15) is 4.31 Å². The van der Waals surface area contributed by atoms with E-state index in [-0.39, 0.29) is 0 Å². The minimum atomic E-state index is -3.35. The molecule has 0 spiro atoms. The number of ether oxygens (including phenoxy) is 1. The van der Waals surface area contributed by atoms with Crippen LogP contribution in [0.3, 0.4) is 0 Å². The van der Waals surface area contributed by atoms with E-state index < -0.39 is 10.0 Å². The van der Waals surface area contributed by atoms with Crippen molar-refractivity contribution in [3.05, 3.63) is 46.8 Å². The van der Waals surface area contributed by atoms with Crippen LogP contribution in [0.5, 0.6) is 5.75 Å². The van der Waals surface area contributed by atoms with Crippen molar-refractivity contribution in [2.45, 2.75) is 24.6 Å². The number of aryl methyl sites for hydroxylation is 1. The quantitative estimate of drug-likeness (QED) is 0.773. The lowest BCUT2D eigenvalue weighted by Crippen LogP contribution is -2.48. The lowest BCUT2D eigenvalue weighted by atomic mass is 10.2. The monoisotopic (exact) mass is 380 g/mol. The summed E-state index contributed by atoms with van der Waals surface area (Å²) < 4.78 is 33.1. The number of hydrogen-bond acceptors (Lipinski definition) is 5. The molecule has 1 fully saturated rings. The molecule has 3 rings (SSSR count). The molecule has 2 aromatic rings. The third-order valence-electron chi connectivity index (χ3n) is 4.31. The average Bonchev–Trinajstić information content (AvgIpc) is 3.05. The van der Waals surface area contributed by atoms with Gasteiger partial charge < -0.3 is 4.74 Å². The van der Waals surface area contributed by atoms with Gasteiger partial charge in [0.05, 0.1) is 6.61 Å². The van der Waals surface area contributed by atoms with Gasteiger partial charge >= 0.3 is 0 Å². The highest BCUT2D eigenvalue weighted by molar-refractivity contribution is 7.91. The van der Waals surface area contributed by atoms with Crippen LogP contribution in [0, 0.1) is 6.92 Å². The molecule has 1 aromatic carbocycles. The fraction of sp³-hybridized carbons (Fsp3) is 0.444. The van der Waals surface area contributed by atoms with Crippen LogP contribution in [0.25, 0.3) is 0 Å². The second-order valence-electron chi connectivity index (χ2n) is 6.09. The summed E-state index contributed by atoms with van der Waals surface area (Å²) in [6, 6.07) is 11.6.